The fourth-order valence-corrected chi connectivity index (χ4v) is 4.27. The molecule has 1 aliphatic heterocycles. The highest BCUT2D eigenvalue weighted by atomic mass is 32.2. The number of hydrogen-bond donors (Lipinski definition) is 0. The third kappa shape index (κ3) is 3.26. The lowest BCUT2D eigenvalue weighted by atomic mass is 10.2. The van der Waals surface area contributed by atoms with Crippen LogP contribution in [0, 0.1) is 25.2 Å². The summed E-state index contributed by atoms with van der Waals surface area (Å²) in [5.41, 5.74) is 1.84. The number of sulfonamides is 1. The van der Waals surface area contributed by atoms with E-state index in [1.165, 1.54) is 4.31 Å². The van der Waals surface area contributed by atoms with Crippen LogP contribution in [0.3, 0.4) is 0 Å². The van der Waals surface area contributed by atoms with Crippen molar-refractivity contribution in [3.63, 3.8) is 0 Å². The lowest BCUT2D eigenvalue weighted by molar-refractivity contribution is 0.169. The molecule has 5 nitrogen and oxygen atoms in total. The smallest absolute Gasteiger partial charge is 0.243 e. The Morgan fingerprint density at radius 2 is 1.81 bits per heavy atom. The monoisotopic (exact) mass is 307 g/mol. The first-order valence-electron chi connectivity index (χ1n) is 7.07. The number of nitrogens with zero attached hydrogens (tertiary/aromatic N) is 3. The van der Waals surface area contributed by atoms with Crippen molar-refractivity contribution in [2.24, 2.45) is 0 Å². The molecule has 1 aromatic carbocycles. The average molecular weight is 307 g/mol. The van der Waals surface area contributed by atoms with E-state index < -0.39 is 10.0 Å². The molecule has 0 saturated carbocycles. The fraction of sp³-hybridized carbons (Fsp3) is 0.533. The molecule has 0 N–H and O–H groups in total. The van der Waals surface area contributed by atoms with Gasteiger partial charge in [-0.3, -0.25) is 4.90 Å². The Hall–Kier alpha value is -1.42. The predicted octanol–water partition coefficient (Wildman–Crippen LogP) is 1.52. The molecule has 1 fully saturated rings. The lowest BCUT2D eigenvalue weighted by Gasteiger charge is -2.35. The SMILES string of the molecule is Cc1ccc(S(=O)(=O)N2CCN([C@H](C)C#N)CC2)c(C)c1. The van der Waals surface area contributed by atoms with Crippen molar-refractivity contribution in [2.45, 2.75) is 31.7 Å². The van der Waals surface area contributed by atoms with E-state index in [1.54, 1.807) is 6.07 Å². The molecular weight excluding hydrogens is 286 g/mol. The molecule has 0 aromatic heterocycles. The molecule has 1 aromatic rings. The van der Waals surface area contributed by atoms with Crippen molar-refractivity contribution in [1.29, 1.82) is 5.26 Å². The van der Waals surface area contributed by atoms with Crippen molar-refractivity contribution in [3.8, 4) is 6.07 Å². The minimum atomic E-state index is -3.44. The molecule has 1 atom stereocenters. The Bertz CT molecular complexity index is 656. The Balaban J connectivity index is 2.17. The Morgan fingerprint density at radius 1 is 1.19 bits per heavy atom. The summed E-state index contributed by atoms with van der Waals surface area (Å²) in [4.78, 5) is 2.39. The van der Waals surface area contributed by atoms with Crippen LogP contribution in [0.4, 0.5) is 0 Å². The summed E-state index contributed by atoms with van der Waals surface area (Å²) in [5, 5.41) is 8.93. The van der Waals surface area contributed by atoms with E-state index >= 15 is 0 Å². The van der Waals surface area contributed by atoms with Gasteiger partial charge in [0.2, 0.25) is 10.0 Å². The predicted molar refractivity (Wildman–Crippen MR) is 81.3 cm³/mol. The maximum atomic E-state index is 12.7. The van der Waals surface area contributed by atoms with Gasteiger partial charge in [-0.25, -0.2) is 8.42 Å². The highest BCUT2D eigenvalue weighted by Crippen LogP contribution is 2.22. The first-order chi connectivity index (χ1) is 9.86. The maximum absolute atomic E-state index is 12.7. The van der Waals surface area contributed by atoms with Crippen LogP contribution in [-0.4, -0.2) is 49.8 Å². The number of hydrogen-bond acceptors (Lipinski definition) is 4. The van der Waals surface area contributed by atoms with E-state index in [-0.39, 0.29) is 6.04 Å². The van der Waals surface area contributed by atoms with Crippen molar-refractivity contribution >= 4 is 10.0 Å². The molecule has 1 aliphatic rings. The molecule has 0 aliphatic carbocycles. The fourth-order valence-electron chi connectivity index (χ4n) is 2.64. The highest BCUT2D eigenvalue weighted by Gasteiger charge is 2.30. The normalized spacial score (nSPS) is 19.1. The van der Waals surface area contributed by atoms with E-state index in [9.17, 15) is 8.42 Å². The van der Waals surface area contributed by atoms with Gasteiger partial charge in [-0.15, -0.1) is 0 Å². The van der Waals surface area contributed by atoms with Crippen LogP contribution in [0.25, 0.3) is 0 Å². The minimum Gasteiger partial charge on any atom is -0.286 e. The zero-order valence-electron chi connectivity index (χ0n) is 12.7. The van der Waals surface area contributed by atoms with Gasteiger partial charge in [-0.1, -0.05) is 17.7 Å². The molecule has 0 unspecified atom stereocenters. The zero-order chi connectivity index (χ0) is 15.6. The molecular formula is C15H21N3O2S. The van der Waals surface area contributed by atoms with Gasteiger partial charge >= 0.3 is 0 Å². The van der Waals surface area contributed by atoms with Gasteiger partial charge < -0.3 is 0 Å². The second kappa shape index (κ2) is 6.14. The van der Waals surface area contributed by atoms with Crippen molar-refractivity contribution in [1.82, 2.24) is 9.21 Å². The van der Waals surface area contributed by atoms with E-state index in [1.807, 2.05) is 37.8 Å². The third-order valence-electron chi connectivity index (χ3n) is 3.96. The number of piperazine rings is 1. The summed E-state index contributed by atoms with van der Waals surface area (Å²) in [7, 11) is -3.44. The van der Waals surface area contributed by atoms with Crippen LogP contribution in [0.1, 0.15) is 18.1 Å². The summed E-state index contributed by atoms with van der Waals surface area (Å²) in [5.74, 6) is 0. The third-order valence-corrected chi connectivity index (χ3v) is 6.01. The Kier molecular flexibility index (Phi) is 4.67. The summed E-state index contributed by atoms with van der Waals surface area (Å²) in [6.45, 7) is 7.68. The van der Waals surface area contributed by atoms with Crippen LogP contribution in [0.5, 0.6) is 0 Å². The van der Waals surface area contributed by atoms with E-state index in [0.717, 1.165) is 11.1 Å². The van der Waals surface area contributed by atoms with Crippen LogP contribution in [0.15, 0.2) is 23.1 Å². The second-order valence-electron chi connectivity index (χ2n) is 5.51. The molecule has 1 saturated heterocycles. The van der Waals surface area contributed by atoms with E-state index in [0.29, 0.717) is 31.1 Å². The minimum absolute atomic E-state index is 0.170. The molecule has 2 rings (SSSR count). The number of aryl methyl sites for hydroxylation is 2. The van der Waals surface area contributed by atoms with E-state index in [2.05, 4.69) is 6.07 Å². The zero-order valence-corrected chi connectivity index (χ0v) is 13.5. The van der Waals surface area contributed by atoms with Gasteiger partial charge in [0.15, 0.2) is 0 Å². The van der Waals surface area contributed by atoms with Crippen molar-refractivity contribution in [2.75, 3.05) is 26.2 Å². The summed E-state index contributed by atoms with van der Waals surface area (Å²) in [6, 6.07) is 7.42. The lowest BCUT2D eigenvalue weighted by Crippen LogP contribution is -2.51. The maximum Gasteiger partial charge on any atom is 0.243 e. The standard InChI is InChI=1S/C15H21N3O2S/c1-12-4-5-15(13(2)10-12)21(19,20)18-8-6-17(7-9-18)14(3)11-16/h4-5,10,14H,6-9H2,1-3H3/t14-/m1/s1. The van der Waals surface area contributed by atoms with Crippen LogP contribution in [0.2, 0.25) is 0 Å². The average Bonchev–Trinajstić information content (AvgIpc) is 2.46. The summed E-state index contributed by atoms with van der Waals surface area (Å²) < 4.78 is 26.9. The summed E-state index contributed by atoms with van der Waals surface area (Å²) >= 11 is 0. The second-order valence-corrected chi connectivity index (χ2v) is 7.42. The van der Waals surface area contributed by atoms with Crippen LogP contribution < -0.4 is 0 Å². The first-order valence-corrected chi connectivity index (χ1v) is 8.51. The molecule has 114 valence electrons. The number of rotatable bonds is 3. The summed E-state index contributed by atoms with van der Waals surface area (Å²) in [6.07, 6.45) is 0. The van der Waals surface area contributed by atoms with Gasteiger partial charge in [-0.05, 0) is 32.4 Å². The molecule has 0 bridgehead atoms. The van der Waals surface area contributed by atoms with Gasteiger partial charge in [0.05, 0.1) is 17.0 Å². The van der Waals surface area contributed by atoms with Crippen LogP contribution in [-0.2, 0) is 10.0 Å². The topological polar surface area (TPSA) is 64.4 Å². The van der Waals surface area contributed by atoms with Gasteiger partial charge in [0.25, 0.3) is 0 Å². The first kappa shape index (κ1) is 16.0. The molecule has 21 heavy (non-hydrogen) atoms. The molecule has 0 radical (unpaired) electrons. The Morgan fingerprint density at radius 3 is 2.33 bits per heavy atom. The van der Waals surface area contributed by atoms with E-state index in [4.69, 9.17) is 5.26 Å². The van der Waals surface area contributed by atoms with Gasteiger partial charge in [0.1, 0.15) is 0 Å². The quantitative estimate of drug-likeness (QED) is 0.849. The van der Waals surface area contributed by atoms with Gasteiger partial charge in [-0.2, -0.15) is 9.57 Å². The van der Waals surface area contributed by atoms with Crippen molar-refractivity contribution in [3.05, 3.63) is 29.3 Å². The van der Waals surface area contributed by atoms with Crippen molar-refractivity contribution < 1.29 is 8.42 Å². The molecule has 0 spiro atoms. The molecule has 6 heteroatoms. The Labute approximate surface area is 126 Å². The molecule has 0 amide bonds. The highest BCUT2D eigenvalue weighted by molar-refractivity contribution is 7.89. The van der Waals surface area contributed by atoms with Crippen LogP contribution >= 0.6 is 0 Å². The molecule has 1 heterocycles. The van der Waals surface area contributed by atoms with Gasteiger partial charge in [0, 0.05) is 26.2 Å². The number of nitriles is 1. The number of benzene rings is 1. The largest absolute Gasteiger partial charge is 0.286 e.